The fraction of sp³-hybridized carbons (Fsp3) is 0.333. The molecule has 0 unspecified atom stereocenters. The Morgan fingerprint density at radius 1 is 1.33 bits per heavy atom. The Kier molecular flexibility index (Phi) is 3.43. The predicted molar refractivity (Wildman–Crippen MR) is 73.6 cm³/mol. The van der Waals surface area contributed by atoms with Gasteiger partial charge in [-0.1, -0.05) is 18.2 Å². The number of aromatic nitrogens is 1. The molecule has 0 saturated heterocycles. The number of fused-ring (bicyclic) bond motifs is 1. The highest BCUT2D eigenvalue weighted by Crippen LogP contribution is 2.20. The number of carbonyl (C=O) groups excluding carboxylic acids is 1. The molecule has 0 radical (unpaired) electrons. The van der Waals surface area contributed by atoms with Gasteiger partial charge in [0.25, 0.3) is 0 Å². The average molecular weight is 242 g/mol. The van der Waals surface area contributed by atoms with Crippen molar-refractivity contribution in [1.29, 1.82) is 0 Å². The fourth-order valence-electron chi connectivity index (χ4n) is 1.93. The molecule has 0 saturated carbocycles. The van der Waals surface area contributed by atoms with Crippen LogP contribution in [0.5, 0.6) is 0 Å². The first-order valence-corrected chi connectivity index (χ1v) is 6.12. The molecule has 2 aromatic rings. The van der Waals surface area contributed by atoms with Gasteiger partial charge in [0.2, 0.25) is 0 Å². The van der Waals surface area contributed by atoms with Crippen LogP contribution >= 0.6 is 0 Å². The number of hydrogen-bond acceptors (Lipinski definition) is 3. The first-order valence-electron chi connectivity index (χ1n) is 6.12. The number of nitrogens with two attached hydrogens (primary N) is 1. The standard InChI is InChI=1S/C15H18N2O/c1-15(2,16)8-6-14(18)12-5-3-4-11-7-9-17-10-13(11)12/h3-5,7,9-10H,6,8,16H2,1-2H3. The van der Waals surface area contributed by atoms with E-state index in [4.69, 9.17) is 5.73 Å². The maximum atomic E-state index is 12.2. The molecule has 0 fully saturated rings. The predicted octanol–water partition coefficient (Wildman–Crippen LogP) is 2.94. The number of Topliss-reactive ketones (excluding diaryl/α,β-unsaturated/α-hetero) is 1. The van der Waals surface area contributed by atoms with E-state index in [0.29, 0.717) is 12.8 Å². The summed E-state index contributed by atoms with van der Waals surface area (Å²) in [6, 6.07) is 7.67. The highest BCUT2D eigenvalue weighted by Gasteiger charge is 2.15. The van der Waals surface area contributed by atoms with Gasteiger partial charge in [-0.25, -0.2) is 0 Å². The van der Waals surface area contributed by atoms with E-state index in [-0.39, 0.29) is 11.3 Å². The molecule has 3 nitrogen and oxygen atoms in total. The van der Waals surface area contributed by atoms with Gasteiger partial charge in [0, 0.05) is 35.3 Å². The molecule has 18 heavy (non-hydrogen) atoms. The van der Waals surface area contributed by atoms with Gasteiger partial charge in [-0.3, -0.25) is 9.78 Å². The summed E-state index contributed by atoms with van der Waals surface area (Å²) in [5.74, 6) is 0.132. The second-order valence-corrected chi connectivity index (χ2v) is 5.31. The third kappa shape index (κ3) is 2.93. The van der Waals surface area contributed by atoms with Crippen molar-refractivity contribution in [2.24, 2.45) is 5.73 Å². The number of benzene rings is 1. The molecule has 1 aromatic heterocycles. The van der Waals surface area contributed by atoms with Crippen LogP contribution in [0.3, 0.4) is 0 Å². The Morgan fingerprint density at radius 3 is 2.83 bits per heavy atom. The minimum atomic E-state index is -0.307. The third-order valence-corrected chi connectivity index (χ3v) is 2.98. The molecule has 3 heteroatoms. The lowest BCUT2D eigenvalue weighted by molar-refractivity contribution is 0.0974. The Hall–Kier alpha value is -1.74. The van der Waals surface area contributed by atoms with Gasteiger partial charge in [0.05, 0.1) is 0 Å². The van der Waals surface area contributed by atoms with Gasteiger partial charge >= 0.3 is 0 Å². The summed E-state index contributed by atoms with van der Waals surface area (Å²) >= 11 is 0. The third-order valence-electron chi connectivity index (χ3n) is 2.98. The molecule has 0 bridgehead atoms. The van der Waals surface area contributed by atoms with Crippen LogP contribution in [0, 0.1) is 0 Å². The molecule has 0 atom stereocenters. The van der Waals surface area contributed by atoms with E-state index in [9.17, 15) is 4.79 Å². The van der Waals surface area contributed by atoms with E-state index in [1.807, 2.05) is 38.1 Å². The monoisotopic (exact) mass is 242 g/mol. The lowest BCUT2D eigenvalue weighted by atomic mass is 9.94. The van der Waals surface area contributed by atoms with Crippen LogP contribution in [0.2, 0.25) is 0 Å². The quantitative estimate of drug-likeness (QED) is 0.839. The highest BCUT2D eigenvalue weighted by molar-refractivity contribution is 6.07. The topological polar surface area (TPSA) is 56.0 Å². The molecule has 0 amide bonds. The van der Waals surface area contributed by atoms with E-state index < -0.39 is 0 Å². The van der Waals surface area contributed by atoms with Gasteiger partial charge < -0.3 is 5.73 Å². The van der Waals surface area contributed by atoms with Crippen LogP contribution in [0.1, 0.15) is 37.0 Å². The maximum absolute atomic E-state index is 12.2. The van der Waals surface area contributed by atoms with Crippen molar-refractivity contribution in [3.8, 4) is 0 Å². The highest BCUT2D eigenvalue weighted by atomic mass is 16.1. The van der Waals surface area contributed by atoms with Crippen LogP contribution in [0.15, 0.2) is 36.7 Å². The lowest BCUT2D eigenvalue weighted by Crippen LogP contribution is -2.32. The van der Waals surface area contributed by atoms with Crippen LogP contribution in [0.4, 0.5) is 0 Å². The summed E-state index contributed by atoms with van der Waals surface area (Å²) in [6.07, 6.45) is 4.63. The summed E-state index contributed by atoms with van der Waals surface area (Å²) in [4.78, 5) is 16.3. The van der Waals surface area contributed by atoms with Gasteiger partial charge in [-0.2, -0.15) is 0 Å². The van der Waals surface area contributed by atoms with E-state index in [1.54, 1.807) is 12.4 Å². The number of rotatable bonds is 4. The number of carbonyl (C=O) groups is 1. The summed E-state index contributed by atoms with van der Waals surface area (Å²) in [7, 11) is 0. The van der Waals surface area contributed by atoms with E-state index in [1.165, 1.54) is 0 Å². The van der Waals surface area contributed by atoms with Crippen molar-refractivity contribution < 1.29 is 4.79 Å². The first kappa shape index (κ1) is 12.7. The van der Waals surface area contributed by atoms with Crippen LogP contribution in [0.25, 0.3) is 10.8 Å². The summed E-state index contributed by atoms with van der Waals surface area (Å²) < 4.78 is 0. The summed E-state index contributed by atoms with van der Waals surface area (Å²) in [5, 5.41) is 1.96. The minimum absolute atomic E-state index is 0.132. The minimum Gasteiger partial charge on any atom is -0.326 e. The van der Waals surface area contributed by atoms with Crippen molar-refractivity contribution >= 4 is 16.6 Å². The molecule has 1 heterocycles. The molecule has 0 spiro atoms. The zero-order chi connectivity index (χ0) is 13.2. The van der Waals surface area contributed by atoms with Crippen molar-refractivity contribution in [3.05, 3.63) is 42.2 Å². The SMILES string of the molecule is CC(C)(N)CCC(=O)c1cccc2ccncc12. The second-order valence-electron chi connectivity index (χ2n) is 5.31. The zero-order valence-corrected chi connectivity index (χ0v) is 10.8. The van der Waals surface area contributed by atoms with Crippen LogP contribution < -0.4 is 5.73 Å². The molecular weight excluding hydrogens is 224 g/mol. The molecule has 2 rings (SSSR count). The lowest BCUT2D eigenvalue weighted by Gasteiger charge is -2.17. The largest absolute Gasteiger partial charge is 0.326 e. The summed E-state index contributed by atoms with van der Waals surface area (Å²) in [6.45, 7) is 3.87. The Morgan fingerprint density at radius 2 is 2.11 bits per heavy atom. The normalized spacial score (nSPS) is 11.7. The fourth-order valence-corrected chi connectivity index (χ4v) is 1.93. The van der Waals surface area contributed by atoms with Crippen molar-refractivity contribution in [2.75, 3.05) is 0 Å². The van der Waals surface area contributed by atoms with Gasteiger partial charge in [-0.15, -0.1) is 0 Å². The van der Waals surface area contributed by atoms with Crippen molar-refractivity contribution in [1.82, 2.24) is 4.98 Å². The maximum Gasteiger partial charge on any atom is 0.163 e. The molecule has 0 aliphatic rings. The Balaban J connectivity index is 2.28. The van der Waals surface area contributed by atoms with E-state index >= 15 is 0 Å². The molecule has 94 valence electrons. The Bertz CT molecular complexity index is 565. The number of nitrogens with zero attached hydrogens (tertiary/aromatic N) is 1. The van der Waals surface area contributed by atoms with Crippen LogP contribution in [-0.2, 0) is 0 Å². The van der Waals surface area contributed by atoms with E-state index in [0.717, 1.165) is 16.3 Å². The summed E-state index contributed by atoms with van der Waals surface area (Å²) in [5.41, 5.74) is 6.34. The number of hydrogen-bond donors (Lipinski definition) is 1. The van der Waals surface area contributed by atoms with Crippen LogP contribution in [-0.4, -0.2) is 16.3 Å². The van der Waals surface area contributed by atoms with Gasteiger partial charge in [-0.05, 0) is 31.7 Å². The smallest absolute Gasteiger partial charge is 0.163 e. The van der Waals surface area contributed by atoms with E-state index in [2.05, 4.69) is 4.98 Å². The van der Waals surface area contributed by atoms with Gasteiger partial charge in [0.1, 0.15) is 0 Å². The number of ketones is 1. The zero-order valence-electron chi connectivity index (χ0n) is 10.8. The Labute approximate surface area is 107 Å². The molecule has 0 aliphatic heterocycles. The molecule has 1 aromatic carbocycles. The molecular formula is C15H18N2O. The van der Waals surface area contributed by atoms with Crippen molar-refractivity contribution in [3.63, 3.8) is 0 Å². The first-order chi connectivity index (χ1) is 8.47. The average Bonchev–Trinajstić information content (AvgIpc) is 2.34. The van der Waals surface area contributed by atoms with Gasteiger partial charge in [0.15, 0.2) is 5.78 Å². The second kappa shape index (κ2) is 4.86. The molecule has 2 N–H and O–H groups in total. The number of pyridine rings is 1. The molecule has 0 aliphatic carbocycles. The van der Waals surface area contributed by atoms with Crippen molar-refractivity contribution in [2.45, 2.75) is 32.2 Å².